The van der Waals surface area contributed by atoms with E-state index in [4.69, 9.17) is 4.74 Å². The maximum atomic E-state index is 14.0. The number of benzene rings is 1. The second-order valence-electron chi connectivity index (χ2n) is 12.8. The molecule has 4 heterocycles. The number of fused-ring (bicyclic) bond motifs is 1. The van der Waals surface area contributed by atoms with E-state index in [0.717, 1.165) is 49.8 Å². The number of halogens is 3. The number of pyridine rings is 1. The van der Waals surface area contributed by atoms with Gasteiger partial charge in [-0.05, 0) is 44.5 Å². The van der Waals surface area contributed by atoms with Crippen LogP contribution < -0.4 is 15.8 Å². The summed E-state index contributed by atoms with van der Waals surface area (Å²) in [6.07, 6.45) is 0.385. The Balaban J connectivity index is 0.00000242. The average Bonchev–Trinajstić information content (AvgIpc) is 3.17. The highest BCUT2D eigenvalue weighted by Crippen LogP contribution is 2.40. The molecule has 0 saturated carbocycles. The van der Waals surface area contributed by atoms with Crippen molar-refractivity contribution in [2.75, 3.05) is 50.8 Å². The van der Waals surface area contributed by atoms with Gasteiger partial charge in [0, 0.05) is 74.8 Å². The zero-order valence-corrected chi connectivity index (χ0v) is 27.2. The number of amides is 1. The van der Waals surface area contributed by atoms with E-state index in [9.17, 15) is 14.0 Å². The minimum absolute atomic E-state index is 0. The molecule has 0 bridgehead atoms. The lowest BCUT2D eigenvalue weighted by molar-refractivity contribution is -0.121. The quantitative estimate of drug-likeness (QED) is 0.531. The summed E-state index contributed by atoms with van der Waals surface area (Å²) < 4.78 is 20.9. The summed E-state index contributed by atoms with van der Waals surface area (Å²) in [6.45, 7) is 15.6. The van der Waals surface area contributed by atoms with E-state index in [1.54, 1.807) is 23.7 Å². The first-order chi connectivity index (χ1) is 18.9. The van der Waals surface area contributed by atoms with E-state index in [-0.39, 0.29) is 53.6 Å². The highest BCUT2D eigenvalue weighted by molar-refractivity contribution is 5.97. The van der Waals surface area contributed by atoms with Crippen molar-refractivity contribution >= 4 is 36.4 Å². The van der Waals surface area contributed by atoms with Crippen LogP contribution in [0.25, 0.3) is 0 Å². The number of rotatable bonds is 6. The van der Waals surface area contributed by atoms with Crippen LogP contribution in [-0.2, 0) is 28.4 Å². The second kappa shape index (κ2) is 13.7. The lowest BCUT2D eigenvalue weighted by atomic mass is 9.90. The topological polar surface area (TPSA) is 70.1 Å². The van der Waals surface area contributed by atoms with Crippen LogP contribution in [-0.4, -0.2) is 90.4 Å². The minimum atomic E-state index is -0.359. The van der Waals surface area contributed by atoms with Crippen LogP contribution in [0.15, 0.2) is 35.1 Å². The number of nitrogens with zero attached hydrogens (tertiary/aromatic N) is 4. The SMILES string of the molecule is C[C@@H]1CN(CC(=O)N2CC(C)(C)c3c2cc(Cc2ccc(F)cc2)c(=O)n3C)[C@@H](CN2[C@H](C)COC[C@H]2C)CN1.Cl.Cl. The van der Waals surface area contributed by atoms with Crippen LogP contribution in [0, 0.1) is 5.82 Å². The standard InChI is InChI=1S/C31H44FN5O3.2ClH/c1-20-14-35(26(13-33-20)15-36-21(2)17-40-18-22(36)3)16-28(38)37-19-31(4,5)29-27(37)12-24(30(39)34(29)6)11-23-7-9-25(32)10-8-23;;/h7-10,12,20-22,26,33H,11,13-19H2,1-6H3;2*1H/t20-,21-,22-,26-;;/m1../s1. The van der Waals surface area contributed by atoms with E-state index in [1.165, 1.54) is 12.1 Å². The van der Waals surface area contributed by atoms with Gasteiger partial charge in [0.15, 0.2) is 0 Å². The van der Waals surface area contributed by atoms with Gasteiger partial charge in [0.25, 0.3) is 5.56 Å². The molecule has 3 aliphatic rings. The van der Waals surface area contributed by atoms with Crippen LogP contribution in [0.1, 0.15) is 51.4 Å². The molecule has 8 nitrogen and oxygen atoms in total. The molecule has 2 saturated heterocycles. The molecule has 2 fully saturated rings. The summed E-state index contributed by atoms with van der Waals surface area (Å²) >= 11 is 0. The van der Waals surface area contributed by atoms with Crippen LogP contribution in [0.3, 0.4) is 0 Å². The Morgan fingerprint density at radius 2 is 1.74 bits per heavy atom. The number of carbonyl (C=O) groups excluding carboxylic acids is 1. The number of morpholine rings is 1. The van der Waals surface area contributed by atoms with Crippen molar-refractivity contribution in [2.45, 2.75) is 70.6 Å². The lowest BCUT2D eigenvalue weighted by Crippen LogP contribution is -2.63. The number of carbonyl (C=O) groups is 1. The number of hydrogen-bond acceptors (Lipinski definition) is 6. The summed E-state index contributed by atoms with van der Waals surface area (Å²) in [6, 6.07) is 9.32. The summed E-state index contributed by atoms with van der Waals surface area (Å²) in [4.78, 5) is 34.1. The molecule has 1 N–H and O–H groups in total. The summed E-state index contributed by atoms with van der Waals surface area (Å²) in [5, 5.41) is 3.61. The van der Waals surface area contributed by atoms with E-state index < -0.39 is 0 Å². The van der Waals surface area contributed by atoms with E-state index in [0.29, 0.717) is 43.2 Å². The van der Waals surface area contributed by atoms with Gasteiger partial charge in [-0.2, -0.15) is 0 Å². The lowest BCUT2D eigenvalue weighted by Gasteiger charge is -2.46. The van der Waals surface area contributed by atoms with Gasteiger partial charge in [-0.3, -0.25) is 19.4 Å². The van der Waals surface area contributed by atoms with Crippen molar-refractivity contribution in [3.63, 3.8) is 0 Å². The first kappa shape index (κ1) is 34.5. The van der Waals surface area contributed by atoms with Gasteiger partial charge in [-0.1, -0.05) is 26.0 Å². The highest BCUT2D eigenvalue weighted by atomic mass is 35.5. The third-order valence-corrected chi connectivity index (χ3v) is 8.90. The third kappa shape index (κ3) is 7.03. The zero-order valence-electron chi connectivity index (χ0n) is 25.6. The molecular weight excluding hydrogens is 580 g/mol. The molecule has 1 amide bonds. The fraction of sp³-hybridized carbons (Fsp3) is 0.613. The van der Waals surface area contributed by atoms with Gasteiger partial charge < -0.3 is 19.5 Å². The van der Waals surface area contributed by atoms with Crippen molar-refractivity contribution in [3.05, 3.63) is 63.3 Å². The van der Waals surface area contributed by atoms with Gasteiger partial charge >= 0.3 is 0 Å². The van der Waals surface area contributed by atoms with E-state index in [1.807, 2.05) is 11.0 Å². The average molecular weight is 627 g/mol. The molecular formula is C31H46Cl2FN5O3. The van der Waals surface area contributed by atoms with Crippen molar-refractivity contribution in [3.8, 4) is 0 Å². The van der Waals surface area contributed by atoms with Crippen molar-refractivity contribution < 1.29 is 13.9 Å². The van der Waals surface area contributed by atoms with Crippen molar-refractivity contribution in [1.82, 2.24) is 19.7 Å². The number of ether oxygens (including phenoxy) is 1. The van der Waals surface area contributed by atoms with Gasteiger partial charge in [0.2, 0.25) is 5.91 Å². The maximum absolute atomic E-state index is 14.0. The van der Waals surface area contributed by atoms with Gasteiger partial charge in [-0.25, -0.2) is 4.39 Å². The Morgan fingerprint density at radius 3 is 2.38 bits per heavy atom. The number of nitrogens with one attached hydrogen (secondary N) is 1. The Labute approximate surface area is 261 Å². The zero-order chi connectivity index (χ0) is 28.8. The molecule has 0 radical (unpaired) electrons. The largest absolute Gasteiger partial charge is 0.378 e. The third-order valence-electron chi connectivity index (χ3n) is 8.90. The number of aromatic nitrogens is 1. The molecule has 234 valence electrons. The Hall–Kier alpha value is -2.01. The van der Waals surface area contributed by atoms with Crippen molar-refractivity contribution in [2.24, 2.45) is 7.05 Å². The first-order valence-electron chi connectivity index (χ1n) is 14.5. The predicted molar refractivity (Wildman–Crippen MR) is 170 cm³/mol. The van der Waals surface area contributed by atoms with E-state index in [2.05, 4.69) is 49.7 Å². The maximum Gasteiger partial charge on any atom is 0.254 e. The molecule has 0 unspecified atom stereocenters. The molecule has 0 spiro atoms. The molecule has 5 rings (SSSR count). The van der Waals surface area contributed by atoms with Gasteiger partial charge in [-0.15, -0.1) is 24.8 Å². The molecule has 2 aromatic rings. The molecule has 4 atom stereocenters. The summed E-state index contributed by atoms with van der Waals surface area (Å²) in [7, 11) is 1.80. The van der Waals surface area contributed by atoms with E-state index >= 15 is 0 Å². The smallest absolute Gasteiger partial charge is 0.254 e. The Bertz CT molecular complexity index is 1290. The Morgan fingerprint density at radius 1 is 1.10 bits per heavy atom. The monoisotopic (exact) mass is 625 g/mol. The van der Waals surface area contributed by atoms with Crippen LogP contribution in [0.5, 0.6) is 0 Å². The van der Waals surface area contributed by atoms with Crippen LogP contribution in [0.4, 0.5) is 10.1 Å². The molecule has 0 aliphatic carbocycles. The van der Waals surface area contributed by atoms with Crippen LogP contribution in [0.2, 0.25) is 0 Å². The number of anilines is 1. The normalized spacial score (nSPS) is 25.8. The second-order valence-corrected chi connectivity index (χ2v) is 12.8. The molecule has 11 heteroatoms. The van der Waals surface area contributed by atoms with Gasteiger partial charge in [0.1, 0.15) is 5.82 Å². The fourth-order valence-corrected chi connectivity index (χ4v) is 6.82. The highest BCUT2D eigenvalue weighted by Gasteiger charge is 2.42. The molecule has 42 heavy (non-hydrogen) atoms. The Kier molecular flexibility index (Phi) is 11.3. The summed E-state index contributed by atoms with van der Waals surface area (Å²) in [5.74, 6) is -0.248. The summed E-state index contributed by atoms with van der Waals surface area (Å²) in [5.41, 5.74) is 2.72. The first-order valence-corrected chi connectivity index (χ1v) is 14.5. The van der Waals surface area contributed by atoms with Gasteiger partial charge in [0.05, 0.1) is 31.1 Å². The number of piperazine rings is 1. The van der Waals surface area contributed by atoms with Crippen LogP contribution >= 0.6 is 24.8 Å². The predicted octanol–water partition coefficient (Wildman–Crippen LogP) is 3.35. The van der Waals surface area contributed by atoms with Crippen molar-refractivity contribution in [1.29, 1.82) is 0 Å². The molecule has 3 aliphatic heterocycles. The fourth-order valence-electron chi connectivity index (χ4n) is 6.82. The molecule has 1 aromatic heterocycles. The minimum Gasteiger partial charge on any atom is -0.378 e. The molecule has 1 aromatic carbocycles. The number of hydrogen-bond donors (Lipinski definition) is 1.